The Morgan fingerprint density at radius 1 is 1.02 bits per heavy atom. The van der Waals surface area contributed by atoms with E-state index in [2.05, 4.69) is 47.7 Å². The quantitative estimate of drug-likeness (QED) is 0.362. The van der Waals surface area contributed by atoms with Gasteiger partial charge in [-0.25, -0.2) is 4.98 Å². The maximum Gasteiger partial charge on any atom is 0.263 e. The Hall–Kier alpha value is -4.09. The fourth-order valence-electron chi connectivity index (χ4n) is 5.93. The molecule has 0 atom stereocenters. The van der Waals surface area contributed by atoms with Crippen LogP contribution in [0.5, 0.6) is 5.88 Å². The third kappa shape index (κ3) is 5.86. The summed E-state index contributed by atoms with van der Waals surface area (Å²) >= 11 is 0. The number of aromatic amines is 1. The highest BCUT2D eigenvalue weighted by Crippen LogP contribution is 2.34. The van der Waals surface area contributed by atoms with Gasteiger partial charge in [0.1, 0.15) is 17.9 Å². The summed E-state index contributed by atoms with van der Waals surface area (Å²) in [6, 6.07) is 10.2. The summed E-state index contributed by atoms with van der Waals surface area (Å²) in [4.78, 5) is 40.6. The first-order valence-electron chi connectivity index (χ1n) is 14.4. The molecule has 0 bridgehead atoms. The van der Waals surface area contributed by atoms with Gasteiger partial charge in [-0.3, -0.25) is 14.5 Å². The van der Waals surface area contributed by atoms with E-state index >= 15 is 0 Å². The molecule has 3 aliphatic rings. The molecule has 11 nitrogen and oxygen atoms in total. The van der Waals surface area contributed by atoms with Gasteiger partial charge in [-0.1, -0.05) is 0 Å². The molecule has 1 aromatic carbocycles. The number of amides is 1. The number of benzene rings is 1. The van der Waals surface area contributed by atoms with Crippen LogP contribution in [0, 0.1) is 6.92 Å². The van der Waals surface area contributed by atoms with Crippen LogP contribution < -0.4 is 31.1 Å². The molecule has 0 saturated carbocycles. The second kappa shape index (κ2) is 11.8. The van der Waals surface area contributed by atoms with Crippen molar-refractivity contribution in [2.45, 2.75) is 25.8 Å². The fourth-order valence-corrected chi connectivity index (χ4v) is 5.93. The van der Waals surface area contributed by atoms with E-state index in [1.807, 2.05) is 31.2 Å². The number of hydrogen-bond acceptors (Lipinski definition) is 9. The predicted molar refractivity (Wildman–Crippen MR) is 162 cm³/mol. The van der Waals surface area contributed by atoms with Gasteiger partial charge >= 0.3 is 0 Å². The van der Waals surface area contributed by atoms with Crippen molar-refractivity contribution in [2.24, 2.45) is 0 Å². The SMILES string of the molecule is Cc1c(Nc2cc[nH]c(=O)c2C(=O)Nc2ccc(N3CCC(N4CCN(C)CC4)CC3)cc2)cnc2c1NCCO2. The maximum atomic E-state index is 13.3. The number of piperazine rings is 1. The zero-order valence-electron chi connectivity index (χ0n) is 23.7. The van der Waals surface area contributed by atoms with Crippen LogP contribution in [0.3, 0.4) is 0 Å². The van der Waals surface area contributed by atoms with Crippen LogP contribution in [-0.2, 0) is 0 Å². The van der Waals surface area contributed by atoms with Gasteiger partial charge in [0.25, 0.3) is 11.5 Å². The van der Waals surface area contributed by atoms with Crippen LogP contribution in [0.15, 0.2) is 47.5 Å². The van der Waals surface area contributed by atoms with Crippen LogP contribution in [0.4, 0.5) is 28.4 Å². The second-order valence-electron chi connectivity index (χ2n) is 11.0. The van der Waals surface area contributed by atoms with E-state index in [-0.39, 0.29) is 5.56 Å². The van der Waals surface area contributed by atoms with Gasteiger partial charge < -0.3 is 35.5 Å². The Kier molecular flexibility index (Phi) is 7.80. The van der Waals surface area contributed by atoms with E-state index in [4.69, 9.17) is 4.74 Å². The Labute approximate surface area is 239 Å². The van der Waals surface area contributed by atoms with Crippen LogP contribution in [0.1, 0.15) is 28.8 Å². The lowest BCUT2D eigenvalue weighted by Gasteiger charge is -2.42. The number of hydrogen-bond donors (Lipinski definition) is 4. The van der Waals surface area contributed by atoms with Crippen LogP contribution >= 0.6 is 0 Å². The van der Waals surface area contributed by atoms with Crippen molar-refractivity contribution in [1.82, 2.24) is 19.8 Å². The number of H-pyrrole nitrogens is 1. The summed E-state index contributed by atoms with van der Waals surface area (Å²) in [6.07, 6.45) is 5.50. The maximum absolute atomic E-state index is 13.3. The Balaban J connectivity index is 1.10. The molecule has 0 aliphatic carbocycles. The molecular formula is C30H38N8O3. The number of aromatic nitrogens is 2. The van der Waals surface area contributed by atoms with Gasteiger partial charge in [-0.05, 0) is 57.1 Å². The van der Waals surface area contributed by atoms with Gasteiger partial charge in [0.15, 0.2) is 0 Å². The highest BCUT2D eigenvalue weighted by molar-refractivity contribution is 6.08. The van der Waals surface area contributed by atoms with Crippen LogP contribution in [-0.4, -0.2) is 91.2 Å². The summed E-state index contributed by atoms with van der Waals surface area (Å²) in [5.41, 5.74) is 4.09. The number of carbonyl (C=O) groups excluding carboxylic acids is 1. The van der Waals surface area contributed by atoms with Gasteiger partial charge in [0, 0.05) is 75.0 Å². The smallest absolute Gasteiger partial charge is 0.263 e. The van der Waals surface area contributed by atoms with Crippen molar-refractivity contribution < 1.29 is 9.53 Å². The van der Waals surface area contributed by atoms with Crippen molar-refractivity contribution in [1.29, 1.82) is 0 Å². The molecule has 216 valence electrons. The summed E-state index contributed by atoms with van der Waals surface area (Å²) in [5, 5.41) is 9.43. The summed E-state index contributed by atoms with van der Waals surface area (Å²) in [6.45, 7) is 9.85. The van der Waals surface area contributed by atoms with E-state index in [9.17, 15) is 9.59 Å². The average Bonchev–Trinajstić information content (AvgIpc) is 3.00. The zero-order chi connectivity index (χ0) is 28.3. The third-order valence-electron chi connectivity index (χ3n) is 8.41. The Bertz CT molecular complexity index is 1440. The largest absolute Gasteiger partial charge is 0.474 e. The number of nitrogens with one attached hydrogen (secondary N) is 4. The molecule has 2 fully saturated rings. The predicted octanol–water partition coefficient (Wildman–Crippen LogP) is 3.09. The number of fused-ring (bicyclic) bond motifs is 1. The van der Waals surface area contributed by atoms with Gasteiger partial charge in [-0.2, -0.15) is 0 Å². The molecule has 2 aromatic heterocycles. The molecular weight excluding hydrogens is 520 g/mol. The number of piperidine rings is 1. The lowest BCUT2D eigenvalue weighted by Crippen LogP contribution is -2.52. The van der Waals surface area contributed by atoms with Gasteiger partial charge in [0.2, 0.25) is 5.88 Å². The van der Waals surface area contributed by atoms with Crippen molar-refractivity contribution in [3.8, 4) is 5.88 Å². The molecule has 0 unspecified atom stereocenters. The number of anilines is 5. The van der Waals surface area contributed by atoms with Crippen molar-refractivity contribution in [3.63, 3.8) is 0 Å². The van der Waals surface area contributed by atoms with Crippen LogP contribution in [0.25, 0.3) is 0 Å². The molecule has 3 aromatic rings. The molecule has 6 rings (SSSR count). The molecule has 0 spiro atoms. The first kappa shape index (κ1) is 27.1. The number of ether oxygens (including phenoxy) is 1. The summed E-state index contributed by atoms with van der Waals surface area (Å²) in [5.74, 6) is 0.0612. The lowest BCUT2D eigenvalue weighted by atomic mass is 10.0. The molecule has 41 heavy (non-hydrogen) atoms. The van der Waals surface area contributed by atoms with E-state index in [0.29, 0.717) is 42.1 Å². The molecule has 3 aliphatic heterocycles. The number of nitrogens with zero attached hydrogens (tertiary/aromatic N) is 4. The fraction of sp³-hybridized carbons (Fsp3) is 0.433. The first-order chi connectivity index (χ1) is 20.0. The topological polar surface area (TPSA) is 118 Å². The van der Waals surface area contributed by atoms with Crippen molar-refractivity contribution in [3.05, 3.63) is 64.2 Å². The summed E-state index contributed by atoms with van der Waals surface area (Å²) in [7, 11) is 2.20. The number of pyridine rings is 2. The molecule has 0 radical (unpaired) electrons. The highest BCUT2D eigenvalue weighted by atomic mass is 16.5. The molecule has 4 N–H and O–H groups in total. The normalized spacial score (nSPS) is 18.2. The number of carbonyl (C=O) groups is 1. The van der Waals surface area contributed by atoms with E-state index in [1.165, 1.54) is 6.20 Å². The average molecular weight is 559 g/mol. The standard InChI is InChI=1S/C30H38N8O3/c1-20-25(19-33-30-27(20)31-11-18-41-30)35-24-7-10-32-28(39)26(24)29(40)34-21-3-5-22(6-4-21)37-12-8-23(9-13-37)38-16-14-36(2)15-17-38/h3-7,10,19,23,31H,8-9,11-18H2,1-2H3,(H,34,40)(H2,32,35,39). The minimum absolute atomic E-state index is 0.00360. The van der Waals surface area contributed by atoms with Crippen LogP contribution in [0.2, 0.25) is 0 Å². The Morgan fingerprint density at radius 2 is 1.78 bits per heavy atom. The highest BCUT2D eigenvalue weighted by Gasteiger charge is 2.27. The van der Waals surface area contributed by atoms with E-state index < -0.39 is 11.5 Å². The van der Waals surface area contributed by atoms with Gasteiger partial charge in [0.05, 0.1) is 17.6 Å². The monoisotopic (exact) mass is 558 g/mol. The van der Waals surface area contributed by atoms with Crippen molar-refractivity contribution >= 4 is 34.3 Å². The minimum atomic E-state index is -0.486. The molecule has 2 saturated heterocycles. The number of rotatable bonds is 6. The van der Waals surface area contributed by atoms with Crippen molar-refractivity contribution in [2.75, 3.05) is 80.3 Å². The number of likely N-dealkylation sites (N-methyl/N-ethyl adjacent to an activating group) is 1. The second-order valence-corrected chi connectivity index (χ2v) is 11.0. The van der Waals surface area contributed by atoms with E-state index in [0.717, 1.165) is 69.0 Å². The zero-order valence-corrected chi connectivity index (χ0v) is 23.7. The molecule has 5 heterocycles. The minimum Gasteiger partial charge on any atom is -0.474 e. The summed E-state index contributed by atoms with van der Waals surface area (Å²) < 4.78 is 5.61. The first-order valence-corrected chi connectivity index (χ1v) is 14.4. The third-order valence-corrected chi connectivity index (χ3v) is 8.41. The lowest BCUT2D eigenvalue weighted by molar-refractivity contribution is 0.0982. The molecule has 1 amide bonds. The van der Waals surface area contributed by atoms with E-state index in [1.54, 1.807) is 12.3 Å². The molecule has 11 heteroatoms. The van der Waals surface area contributed by atoms with Gasteiger partial charge in [-0.15, -0.1) is 0 Å². The Morgan fingerprint density at radius 3 is 2.54 bits per heavy atom.